The molecule has 1 rings (SSSR count). The fourth-order valence-corrected chi connectivity index (χ4v) is 2.22. The zero-order valence-electron chi connectivity index (χ0n) is 10.9. The van der Waals surface area contributed by atoms with Gasteiger partial charge in [0.2, 0.25) is 0 Å². The van der Waals surface area contributed by atoms with E-state index in [1.54, 1.807) is 4.31 Å². The number of carbonyl (C=O) groups excluding carboxylic acids is 1. The van der Waals surface area contributed by atoms with Gasteiger partial charge < -0.3 is 4.74 Å². The van der Waals surface area contributed by atoms with Gasteiger partial charge in [0.05, 0.1) is 12.6 Å². The summed E-state index contributed by atoms with van der Waals surface area (Å²) in [5.41, 5.74) is -0.483. The molecule has 1 saturated heterocycles. The average molecular weight is 247 g/mol. The minimum Gasteiger partial charge on any atom is -0.443 e. The molecule has 0 aromatic heterocycles. The highest BCUT2D eigenvalue weighted by molar-refractivity contribution is 7.93. The van der Waals surface area contributed by atoms with Gasteiger partial charge in [-0.3, -0.25) is 4.18 Å². The van der Waals surface area contributed by atoms with Crippen LogP contribution in [0.2, 0.25) is 0 Å². The van der Waals surface area contributed by atoms with E-state index < -0.39 is 5.60 Å². The summed E-state index contributed by atoms with van der Waals surface area (Å²) in [6.07, 6.45) is -0.324. The zero-order chi connectivity index (χ0) is 12.6. The Morgan fingerprint density at radius 3 is 2.31 bits per heavy atom. The molecule has 16 heavy (non-hydrogen) atoms. The van der Waals surface area contributed by atoms with Crippen molar-refractivity contribution < 1.29 is 13.7 Å². The molecule has 1 aliphatic rings. The van der Waals surface area contributed by atoms with E-state index in [0.717, 1.165) is 12.2 Å². The molecule has 1 fully saturated rings. The highest BCUT2D eigenvalue weighted by atomic mass is 32.2. The van der Waals surface area contributed by atoms with Crippen LogP contribution in [0.5, 0.6) is 0 Å². The molecular formula is C11H21NO3S. The van der Waals surface area contributed by atoms with Gasteiger partial charge >= 0.3 is 6.09 Å². The first-order valence-electron chi connectivity index (χ1n) is 5.43. The summed E-state index contributed by atoms with van der Waals surface area (Å²) in [4.78, 5) is 11.9. The number of carbonyl (C=O) groups is 1. The minimum atomic E-state index is -0.470. The quantitative estimate of drug-likeness (QED) is 0.486. The van der Waals surface area contributed by atoms with Gasteiger partial charge in [0, 0.05) is 0 Å². The Hall–Kier alpha value is -0.420. The van der Waals surface area contributed by atoms with Gasteiger partial charge in [0.1, 0.15) is 17.8 Å². The molecule has 1 amide bonds. The predicted octanol–water partition coefficient (Wildman–Crippen LogP) is 3.23. The second kappa shape index (κ2) is 4.45. The molecule has 4 nitrogen and oxygen atoms in total. The fourth-order valence-electron chi connectivity index (χ4n) is 1.34. The maximum Gasteiger partial charge on any atom is 0.422 e. The van der Waals surface area contributed by atoms with E-state index in [-0.39, 0.29) is 17.6 Å². The van der Waals surface area contributed by atoms with Gasteiger partial charge in [-0.05, 0) is 26.2 Å². The lowest BCUT2D eigenvalue weighted by molar-refractivity contribution is 0.0290. The third kappa shape index (κ3) is 3.56. The van der Waals surface area contributed by atoms with Gasteiger partial charge in [-0.25, -0.2) is 9.10 Å². The Balaban J connectivity index is 2.69. The molecular weight excluding hydrogens is 226 g/mol. The van der Waals surface area contributed by atoms with E-state index in [9.17, 15) is 4.79 Å². The maximum atomic E-state index is 11.9. The molecule has 0 radical (unpaired) electrons. The van der Waals surface area contributed by atoms with Gasteiger partial charge in [-0.2, -0.15) is 0 Å². The Morgan fingerprint density at radius 1 is 1.31 bits per heavy atom. The Kier molecular flexibility index (Phi) is 3.80. The highest BCUT2D eigenvalue weighted by Crippen LogP contribution is 2.36. The lowest BCUT2D eigenvalue weighted by atomic mass is 9.87. The third-order valence-electron chi connectivity index (χ3n) is 2.22. The minimum absolute atomic E-state index is 0.0135. The van der Waals surface area contributed by atoms with Crippen LogP contribution >= 0.6 is 12.2 Å². The van der Waals surface area contributed by atoms with Crippen LogP contribution in [-0.2, 0) is 8.92 Å². The summed E-state index contributed by atoms with van der Waals surface area (Å²) in [6, 6.07) is 0.0485. The van der Waals surface area contributed by atoms with Crippen LogP contribution in [0, 0.1) is 5.41 Å². The van der Waals surface area contributed by atoms with Crippen LogP contribution < -0.4 is 0 Å². The summed E-state index contributed by atoms with van der Waals surface area (Å²) < 4.78 is 12.2. The molecule has 0 N–H and O–H groups in total. The molecule has 0 bridgehead atoms. The van der Waals surface area contributed by atoms with Crippen molar-refractivity contribution in [1.29, 1.82) is 0 Å². The number of ether oxygens (including phenoxy) is 1. The normalized spacial score (nSPS) is 22.4. The van der Waals surface area contributed by atoms with Crippen molar-refractivity contribution in [2.24, 2.45) is 5.41 Å². The molecule has 1 atom stereocenters. The SMILES string of the molecule is CC(C)(C)OC(=O)N1SOC[C@H]1C(C)(C)C. The number of nitrogens with zero attached hydrogens (tertiary/aromatic N) is 1. The molecule has 0 spiro atoms. The van der Waals surface area contributed by atoms with E-state index in [1.807, 2.05) is 20.8 Å². The van der Waals surface area contributed by atoms with E-state index in [4.69, 9.17) is 8.92 Å². The lowest BCUT2D eigenvalue weighted by Gasteiger charge is -2.32. The van der Waals surface area contributed by atoms with Crippen molar-refractivity contribution in [3.8, 4) is 0 Å². The Bertz CT molecular complexity index is 267. The largest absolute Gasteiger partial charge is 0.443 e. The summed E-state index contributed by atoms with van der Waals surface area (Å²) in [6.45, 7) is 12.4. The molecule has 0 unspecified atom stereocenters. The first kappa shape index (κ1) is 13.6. The van der Waals surface area contributed by atoms with Crippen LogP contribution in [0.1, 0.15) is 41.5 Å². The third-order valence-corrected chi connectivity index (χ3v) is 3.02. The molecule has 0 saturated carbocycles. The molecule has 94 valence electrons. The second-order valence-electron chi connectivity index (χ2n) is 6.05. The summed E-state index contributed by atoms with van der Waals surface area (Å²) >= 11 is 1.08. The topological polar surface area (TPSA) is 38.8 Å². The van der Waals surface area contributed by atoms with Crippen LogP contribution in [-0.4, -0.2) is 28.6 Å². The predicted molar refractivity (Wildman–Crippen MR) is 64.9 cm³/mol. The first-order chi connectivity index (χ1) is 7.11. The van der Waals surface area contributed by atoms with Crippen molar-refractivity contribution >= 4 is 18.3 Å². The van der Waals surface area contributed by atoms with Crippen LogP contribution in [0.4, 0.5) is 4.79 Å². The summed E-state index contributed by atoms with van der Waals surface area (Å²) in [5.74, 6) is 0. The second-order valence-corrected chi connectivity index (χ2v) is 6.83. The van der Waals surface area contributed by atoms with E-state index in [2.05, 4.69) is 20.8 Å². The van der Waals surface area contributed by atoms with Crippen LogP contribution in [0.25, 0.3) is 0 Å². The molecule has 1 aliphatic heterocycles. The highest BCUT2D eigenvalue weighted by Gasteiger charge is 2.41. The first-order valence-corrected chi connectivity index (χ1v) is 6.13. The summed E-state index contributed by atoms with van der Waals surface area (Å²) in [7, 11) is 0. The standard InChI is InChI=1S/C11H21NO3S/c1-10(2,3)8-7-14-16-12(8)9(13)15-11(4,5)6/h8H,7H2,1-6H3/t8-/m0/s1. The van der Waals surface area contributed by atoms with E-state index in [0.29, 0.717) is 6.61 Å². The van der Waals surface area contributed by atoms with Crippen LogP contribution in [0.15, 0.2) is 0 Å². The van der Waals surface area contributed by atoms with Crippen molar-refractivity contribution in [1.82, 2.24) is 4.31 Å². The van der Waals surface area contributed by atoms with Gasteiger partial charge in [-0.15, -0.1) is 0 Å². The Morgan fingerprint density at radius 2 is 1.88 bits per heavy atom. The fraction of sp³-hybridized carbons (Fsp3) is 0.909. The smallest absolute Gasteiger partial charge is 0.422 e. The van der Waals surface area contributed by atoms with Crippen molar-refractivity contribution in [3.05, 3.63) is 0 Å². The number of rotatable bonds is 0. The Labute approximate surface area is 102 Å². The monoisotopic (exact) mass is 247 g/mol. The van der Waals surface area contributed by atoms with Gasteiger partial charge in [-0.1, -0.05) is 20.8 Å². The molecule has 0 aliphatic carbocycles. The van der Waals surface area contributed by atoms with Gasteiger partial charge in [0.25, 0.3) is 0 Å². The van der Waals surface area contributed by atoms with Gasteiger partial charge in [0.15, 0.2) is 0 Å². The van der Waals surface area contributed by atoms with Crippen molar-refractivity contribution in [2.75, 3.05) is 6.61 Å². The van der Waals surface area contributed by atoms with E-state index >= 15 is 0 Å². The molecule has 0 aromatic carbocycles. The van der Waals surface area contributed by atoms with Crippen molar-refractivity contribution in [2.45, 2.75) is 53.2 Å². The van der Waals surface area contributed by atoms with Crippen molar-refractivity contribution in [3.63, 3.8) is 0 Å². The average Bonchev–Trinajstić information content (AvgIpc) is 2.45. The maximum absolute atomic E-state index is 11.9. The molecule has 5 heteroatoms. The zero-order valence-corrected chi connectivity index (χ0v) is 11.7. The molecule has 1 heterocycles. The lowest BCUT2D eigenvalue weighted by Crippen LogP contribution is -2.43. The van der Waals surface area contributed by atoms with Crippen LogP contribution in [0.3, 0.4) is 0 Å². The number of hydrogen-bond donors (Lipinski definition) is 0. The van der Waals surface area contributed by atoms with E-state index in [1.165, 1.54) is 0 Å². The molecule has 0 aromatic rings. The number of hydrogen-bond acceptors (Lipinski definition) is 4. The summed E-state index contributed by atoms with van der Waals surface area (Å²) in [5, 5.41) is 0. The number of amides is 1.